The van der Waals surface area contributed by atoms with Crippen molar-refractivity contribution >= 4 is 12.0 Å². The lowest BCUT2D eigenvalue weighted by Crippen LogP contribution is -2.13. The first-order valence-electron chi connectivity index (χ1n) is 12.7. The van der Waals surface area contributed by atoms with Gasteiger partial charge in [-0.05, 0) is 60.3 Å². The minimum absolute atomic E-state index is 0.280. The lowest BCUT2D eigenvalue weighted by atomic mass is 9.77. The number of rotatable bonds is 12. The van der Waals surface area contributed by atoms with Gasteiger partial charge in [-0.1, -0.05) is 100 Å². The molecule has 2 nitrogen and oxygen atoms in total. The smallest absolute Gasteiger partial charge is 0.330 e. The molecular formula is C30H40O2. The number of hydrogen-bond donors (Lipinski definition) is 0. The average Bonchev–Trinajstić information content (AvgIpc) is 2.84. The summed E-state index contributed by atoms with van der Waals surface area (Å²) in [6.07, 6.45) is 18.0. The van der Waals surface area contributed by atoms with Crippen LogP contribution < -0.4 is 0 Å². The molecule has 0 aromatic heterocycles. The zero-order valence-electron chi connectivity index (χ0n) is 19.8. The highest BCUT2D eigenvalue weighted by Crippen LogP contribution is 2.37. The Hall–Kier alpha value is -2.35. The Kier molecular flexibility index (Phi) is 10.6. The molecule has 0 N–H and O–H groups in total. The van der Waals surface area contributed by atoms with Crippen LogP contribution in [0.5, 0.6) is 0 Å². The van der Waals surface area contributed by atoms with Gasteiger partial charge in [0.05, 0.1) is 6.61 Å². The predicted octanol–water partition coefficient (Wildman–Crippen LogP) is 8.12. The highest BCUT2D eigenvalue weighted by Gasteiger charge is 2.21. The van der Waals surface area contributed by atoms with Crippen molar-refractivity contribution in [3.05, 3.63) is 77.4 Å². The monoisotopic (exact) mass is 432 g/mol. The van der Waals surface area contributed by atoms with Gasteiger partial charge in [0.1, 0.15) is 0 Å². The van der Waals surface area contributed by atoms with Crippen LogP contribution in [0, 0.1) is 5.92 Å². The third-order valence-corrected chi connectivity index (χ3v) is 6.86. The predicted molar refractivity (Wildman–Crippen MR) is 135 cm³/mol. The highest BCUT2D eigenvalue weighted by atomic mass is 16.5. The minimum atomic E-state index is -0.280. The van der Waals surface area contributed by atoms with E-state index in [1.165, 1.54) is 81.4 Å². The second-order valence-corrected chi connectivity index (χ2v) is 9.32. The quantitative estimate of drug-likeness (QED) is 0.192. The number of benzene rings is 2. The molecular weight excluding hydrogens is 392 g/mol. The van der Waals surface area contributed by atoms with Gasteiger partial charge in [-0.15, -0.1) is 0 Å². The van der Waals surface area contributed by atoms with E-state index in [1.54, 1.807) is 0 Å². The van der Waals surface area contributed by atoms with Crippen molar-refractivity contribution in [2.75, 3.05) is 6.61 Å². The molecule has 2 aromatic carbocycles. The van der Waals surface area contributed by atoms with E-state index in [0.29, 0.717) is 12.5 Å². The second-order valence-electron chi connectivity index (χ2n) is 9.32. The van der Waals surface area contributed by atoms with Crippen molar-refractivity contribution in [3.8, 4) is 0 Å². The van der Waals surface area contributed by atoms with Crippen molar-refractivity contribution in [2.45, 2.75) is 83.5 Å². The molecule has 0 heterocycles. The summed E-state index contributed by atoms with van der Waals surface area (Å²) in [5, 5.41) is 0. The molecule has 0 bridgehead atoms. The third-order valence-electron chi connectivity index (χ3n) is 6.86. The number of carbonyl (C=O) groups excluding carboxylic acids is 1. The van der Waals surface area contributed by atoms with Gasteiger partial charge in [0, 0.05) is 12.5 Å². The molecule has 1 saturated carbocycles. The summed E-state index contributed by atoms with van der Waals surface area (Å²) in [6, 6.07) is 18.8. The standard InChI is InChI=1S/C30H40O2/c1-2-3-4-5-7-12-26-13-18-28(19-14-26)29-20-15-27(16-21-29)17-22-30(31)32-24-23-25-10-8-6-9-11-25/h6,8-11,15-17,20-22,26,28H,2-5,7,12-14,18-19,23-24H2,1H3. The molecule has 1 fully saturated rings. The van der Waals surface area contributed by atoms with Crippen molar-refractivity contribution in [3.63, 3.8) is 0 Å². The molecule has 1 aliphatic carbocycles. The van der Waals surface area contributed by atoms with Gasteiger partial charge in [0.2, 0.25) is 0 Å². The molecule has 0 radical (unpaired) electrons. The molecule has 1 aliphatic rings. The average molecular weight is 433 g/mol. The van der Waals surface area contributed by atoms with Gasteiger partial charge in [0.25, 0.3) is 0 Å². The van der Waals surface area contributed by atoms with Gasteiger partial charge in [0.15, 0.2) is 0 Å². The molecule has 32 heavy (non-hydrogen) atoms. The van der Waals surface area contributed by atoms with E-state index in [1.807, 2.05) is 36.4 Å². The fourth-order valence-electron chi connectivity index (χ4n) is 4.83. The lowest BCUT2D eigenvalue weighted by Gasteiger charge is -2.29. The molecule has 2 aromatic rings. The summed E-state index contributed by atoms with van der Waals surface area (Å²) in [5.41, 5.74) is 3.68. The molecule has 0 saturated heterocycles. The van der Waals surface area contributed by atoms with Crippen LogP contribution in [-0.2, 0) is 16.0 Å². The normalized spacial score (nSPS) is 18.7. The Balaban J connectivity index is 1.35. The summed E-state index contributed by atoms with van der Waals surface area (Å²) < 4.78 is 5.32. The first-order chi connectivity index (χ1) is 15.7. The molecule has 3 rings (SSSR count). The van der Waals surface area contributed by atoms with Crippen LogP contribution >= 0.6 is 0 Å². The van der Waals surface area contributed by atoms with Crippen molar-refractivity contribution in [1.29, 1.82) is 0 Å². The first kappa shape index (κ1) is 24.3. The Labute approximate surface area is 195 Å². The number of carbonyl (C=O) groups is 1. The van der Waals surface area contributed by atoms with Crippen LogP contribution in [0.15, 0.2) is 60.7 Å². The van der Waals surface area contributed by atoms with Gasteiger partial charge >= 0.3 is 5.97 Å². The maximum absolute atomic E-state index is 12.0. The molecule has 0 aliphatic heterocycles. The number of hydrogen-bond acceptors (Lipinski definition) is 2. The van der Waals surface area contributed by atoms with E-state index in [0.717, 1.165) is 17.9 Å². The molecule has 0 spiro atoms. The Morgan fingerprint density at radius 3 is 2.34 bits per heavy atom. The second kappa shape index (κ2) is 13.9. The van der Waals surface area contributed by atoms with Gasteiger partial charge in [-0.2, -0.15) is 0 Å². The SMILES string of the molecule is CCCCCCCC1CCC(c2ccc(C=CC(=O)OCCc3ccccc3)cc2)CC1. The highest BCUT2D eigenvalue weighted by molar-refractivity contribution is 5.87. The summed E-state index contributed by atoms with van der Waals surface area (Å²) in [5.74, 6) is 1.37. The van der Waals surface area contributed by atoms with Crippen LogP contribution in [-0.4, -0.2) is 12.6 Å². The van der Waals surface area contributed by atoms with Crippen LogP contribution in [0.1, 0.15) is 93.7 Å². The van der Waals surface area contributed by atoms with Crippen LogP contribution in [0.3, 0.4) is 0 Å². The zero-order valence-corrected chi connectivity index (χ0v) is 19.8. The van der Waals surface area contributed by atoms with E-state index in [2.05, 4.69) is 31.2 Å². The minimum Gasteiger partial charge on any atom is -0.462 e. The summed E-state index contributed by atoms with van der Waals surface area (Å²) in [6.45, 7) is 2.69. The molecule has 0 amide bonds. The molecule has 0 atom stereocenters. The Morgan fingerprint density at radius 1 is 0.906 bits per heavy atom. The van der Waals surface area contributed by atoms with E-state index < -0.39 is 0 Å². The molecule has 2 heteroatoms. The maximum atomic E-state index is 12.0. The van der Waals surface area contributed by atoms with Gasteiger partial charge in [-0.3, -0.25) is 0 Å². The van der Waals surface area contributed by atoms with Crippen molar-refractivity contribution in [1.82, 2.24) is 0 Å². The maximum Gasteiger partial charge on any atom is 0.330 e. The summed E-state index contributed by atoms with van der Waals surface area (Å²) in [4.78, 5) is 12.0. The van der Waals surface area contributed by atoms with E-state index >= 15 is 0 Å². The number of esters is 1. The van der Waals surface area contributed by atoms with Crippen LogP contribution in [0.2, 0.25) is 0 Å². The lowest BCUT2D eigenvalue weighted by molar-refractivity contribution is -0.137. The number of unbranched alkanes of at least 4 members (excludes halogenated alkanes) is 4. The fourth-order valence-corrected chi connectivity index (χ4v) is 4.83. The van der Waals surface area contributed by atoms with Crippen molar-refractivity contribution < 1.29 is 9.53 Å². The number of ether oxygens (including phenoxy) is 1. The fraction of sp³-hybridized carbons (Fsp3) is 0.500. The van der Waals surface area contributed by atoms with Gasteiger partial charge in [-0.25, -0.2) is 4.79 Å². The van der Waals surface area contributed by atoms with E-state index in [9.17, 15) is 4.79 Å². The summed E-state index contributed by atoms with van der Waals surface area (Å²) in [7, 11) is 0. The third kappa shape index (κ3) is 8.65. The molecule has 172 valence electrons. The Morgan fingerprint density at radius 2 is 1.62 bits per heavy atom. The summed E-state index contributed by atoms with van der Waals surface area (Å²) >= 11 is 0. The largest absolute Gasteiger partial charge is 0.462 e. The Bertz CT molecular complexity index is 798. The van der Waals surface area contributed by atoms with Crippen LogP contribution in [0.4, 0.5) is 0 Å². The van der Waals surface area contributed by atoms with Crippen molar-refractivity contribution in [2.24, 2.45) is 5.92 Å². The van der Waals surface area contributed by atoms with E-state index in [-0.39, 0.29) is 5.97 Å². The van der Waals surface area contributed by atoms with Crippen LogP contribution in [0.25, 0.3) is 6.08 Å². The molecule has 0 unspecified atom stereocenters. The van der Waals surface area contributed by atoms with E-state index in [4.69, 9.17) is 4.74 Å². The first-order valence-corrected chi connectivity index (χ1v) is 12.7. The van der Waals surface area contributed by atoms with Gasteiger partial charge < -0.3 is 4.74 Å². The topological polar surface area (TPSA) is 26.3 Å². The zero-order chi connectivity index (χ0) is 22.4.